The van der Waals surface area contributed by atoms with Crippen molar-refractivity contribution in [2.24, 2.45) is 0 Å². The molecule has 0 aliphatic carbocycles. The topological polar surface area (TPSA) is 20.3 Å². The van der Waals surface area contributed by atoms with Crippen LogP contribution in [0.2, 0.25) is 0 Å². The minimum absolute atomic E-state index is 0.420. The first-order valence-electron chi connectivity index (χ1n) is 3.12. The third kappa shape index (κ3) is 2.52. The van der Waals surface area contributed by atoms with E-state index in [2.05, 4.69) is 0 Å². The van der Waals surface area contributed by atoms with Crippen molar-refractivity contribution in [1.29, 1.82) is 0 Å². The fourth-order valence-corrected chi connectivity index (χ4v) is 1.44. The highest BCUT2D eigenvalue weighted by molar-refractivity contribution is 7.07. The maximum absolute atomic E-state index is 10.6. The van der Waals surface area contributed by atoms with Gasteiger partial charge in [0.15, 0.2) is 0 Å². The number of halogens is 1. The fraction of sp³-hybridized carbons (Fsp3) is 0.286. The third-order valence-corrected chi connectivity index (χ3v) is 2.32. The maximum atomic E-state index is 10.6. The normalized spacial score (nSPS) is 9.64. The Morgan fingerprint density at radius 1 is 1.82 bits per heavy atom. The van der Waals surface area contributed by atoms with Crippen molar-refractivity contribution >= 4 is 28.3 Å². The van der Waals surface area contributed by atoms with Crippen LogP contribution < -0.4 is 0 Å². The summed E-state index contributed by atoms with van der Waals surface area (Å²) in [6.45, 7) is 0.589. The number of thiophene rings is 1. The van der Waals surface area contributed by atoms with Crippen molar-refractivity contribution < 1.29 is 4.79 Å². The van der Waals surface area contributed by atoms with E-state index in [-0.39, 0.29) is 0 Å². The average molecular weight is 190 g/mol. The number of rotatable bonds is 2. The van der Waals surface area contributed by atoms with Crippen LogP contribution in [-0.2, 0) is 6.54 Å². The van der Waals surface area contributed by atoms with Gasteiger partial charge in [0, 0.05) is 13.6 Å². The van der Waals surface area contributed by atoms with Crippen molar-refractivity contribution in [1.82, 2.24) is 4.90 Å². The molecule has 0 bridgehead atoms. The molecule has 0 spiro atoms. The van der Waals surface area contributed by atoms with Crippen molar-refractivity contribution in [2.45, 2.75) is 6.54 Å². The van der Waals surface area contributed by atoms with E-state index in [1.54, 1.807) is 18.4 Å². The number of nitrogens with zero attached hydrogens (tertiary/aromatic N) is 1. The largest absolute Gasteiger partial charge is 0.328 e. The molecule has 0 N–H and O–H groups in total. The van der Waals surface area contributed by atoms with Crippen LogP contribution in [0, 0.1) is 0 Å². The second-order valence-corrected chi connectivity index (χ2v) is 3.34. The molecule has 1 amide bonds. The molecule has 0 saturated carbocycles. The van der Waals surface area contributed by atoms with Crippen molar-refractivity contribution in [2.75, 3.05) is 7.05 Å². The third-order valence-electron chi connectivity index (χ3n) is 1.30. The molecular weight excluding hydrogens is 182 g/mol. The highest BCUT2D eigenvalue weighted by Gasteiger charge is 2.04. The van der Waals surface area contributed by atoms with Gasteiger partial charge >= 0.3 is 5.37 Å². The summed E-state index contributed by atoms with van der Waals surface area (Å²) < 4.78 is 0. The number of hydrogen-bond donors (Lipinski definition) is 0. The quantitative estimate of drug-likeness (QED) is 0.517. The molecule has 11 heavy (non-hydrogen) atoms. The lowest BCUT2D eigenvalue weighted by Gasteiger charge is -2.10. The highest BCUT2D eigenvalue weighted by Crippen LogP contribution is 2.09. The summed E-state index contributed by atoms with van der Waals surface area (Å²) in [5, 5.41) is 3.55. The summed E-state index contributed by atoms with van der Waals surface area (Å²) >= 11 is 6.85. The molecule has 2 nitrogen and oxygen atoms in total. The molecule has 1 rings (SSSR count). The van der Waals surface area contributed by atoms with Crippen LogP contribution in [0.3, 0.4) is 0 Å². The van der Waals surface area contributed by atoms with E-state index in [4.69, 9.17) is 11.6 Å². The van der Waals surface area contributed by atoms with Gasteiger partial charge in [-0.15, -0.1) is 0 Å². The van der Waals surface area contributed by atoms with Gasteiger partial charge in [-0.2, -0.15) is 11.3 Å². The molecule has 0 fully saturated rings. The van der Waals surface area contributed by atoms with Gasteiger partial charge in [-0.25, -0.2) is 0 Å². The van der Waals surface area contributed by atoms with E-state index in [0.29, 0.717) is 6.54 Å². The fourth-order valence-electron chi connectivity index (χ4n) is 0.719. The van der Waals surface area contributed by atoms with E-state index in [9.17, 15) is 4.79 Å². The summed E-state index contributed by atoms with van der Waals surface area (Å²) in [4.78, 5) is 12.0. The molecule has 0 radical (unpaired) electrons. The predicted octanol–water partition coefficient (Wildman–Crippen LogP) is 2.54. The smallest absolute Gasteiger partial charge is 0.316 e. The molecular formula is C7H8ClNOS. The monoisotopic (exact) mass is 189 g/mol. The Bertz CT molecular complexity index is 235. The first-order chi connectivity index (χ1) is 5.20. The minimum atomic E-state index is -0.420. The van der Waals surface area contributed by atoms with Crippen LogP contribution in [0.15, 0.2) is 16.8 Å². The Hall–Kier alpha value is -0.540. The predicted molar refractivity (Wildman–Crippen MR) is 47.0 cm³/mol. The zero-order valence-electron chi connectivity index (χ0n) is 6.08. The molecule has 0 aliphatic heterocycles. The SMILES string of the molecule is CN(Cc1ccsc1)C(=O)Cl. The van der Waals surface area contributed by atoms with Crippen LogP contribution in [0.25, 0.3) is 0 Å². The zero-order valence-corrected chi connectivity index (χ0v) is 7.65. The van der Waals surface area contributed by atoms with Gasteiger partial charge in [0.1, 0.15) is 0 Å². The summed E-state index contributed by atoms with van der Waals surface area (Å²) in [6, 6.07) is 1.97. The van der Waals surface area contributed by atoms with Crippen LogP contribution in [0.5, 0.6) is 0 Å². The van der Waals surface area contributed by atoms with E-state index >= 15 is 0 Å². The van der Waals surface area contributed by atoms with E-state index < -0.39 is 5.37 Å². The van der Waals surface area contributed by atoms with Gasteiger partial charge in [-0.3, -0.25) is 4.79 Å². The molecule has 4 heteroatoms. The van der Waals surface area contributed by atoms with Gasteiger partial charge in [-0.05, 0) is 34.0 Å². The first-order valence-corrected chi connectivity index (χ1v) is 4.44. The Kier molecular flexibility index (Phi) is 2.91. The lowest BCUT2D eigenvalue weighted by Crippen LogP contribution is -2.19. The van der Waals surface area contributed by atoms with Crippen LogP contribution in [0.4, 0.5) is 4.79 Å². The molecule has 0 aliphatic rings. The highest BCUT2D eigenvalue weighted by atomic mass is 35.5. The second-order valence-electron chi connectivity index (χ2n) is 2.24. The van der Waals surface area contributed by atoms with E-state index in [1.165, 1.54) is 4.90 Å². The average Bonchev–Trinajstić information content (AvgIpc) is 2.39. The molecule has 60 valence electrons. The van der Waals surface area contributed by atoms with Gasteiger partial charge < -0.3 is 4.90 Å². The van der Waals surface area contributed by atoms with Crippen molar-refractivity contribution in [3.63, 3.8) is 0 Å². The van der Waals surface area contributed by atoms with Gasteiger partial charge in [0.2, 0.25) is 0 Å². The molecule has 1 aromatic heterocycles. The Labute approximate surface area is 74.4 Å². The Morgan fingerprint density at radius 2 is 2.55 bits per heavy atom. The number of carbonyl (C=O) groups excluding carboxylic acids is 1. The summed E-state index contributed by atoms with van der Waals surface area (Å²) in [6.07, 6.45) is 0. The van der Waals surface area contributed by atoms with Crippen molar-refractivity contribution in [3.05, 3.63) is 22.4 Å². The second kappa shape index (κ2) is 3.74. The van der Waals surface area contributed by atoms with Gasteiger partial charge in [0.05, 0.1) is 0 Å². The van der Waals surface area contributed by atoms with Gasteiger partial charge in [0.25, 0.3) is 0 Å². The Balaban J connectivity index is 2.50. The number of carbonyl (C=O) groups is 1. The summed E-state index contributed by atoms with van der Waals surface area (Å²) in [5.74, 6) is 0. The summed E-state index contributed by atoms with van der Waals surface area (Å²) in [5.41, 5.74) is 1.12. The lowest BCUT2D eigenvalue weighted by atomic mass is 10.3. The molecule has 0 unspecified atom stereocenters. The first kappa shape index (κ1) is 8.56. The van der Waals surface area contributed by atoms with E-state index in [1.807, 2.05) is 16.8 Å². The summed E-state index contributed by atoms with van der Waals surface area (Å²) in [7, 11) is 1.67. The lowest BCUT2D eigenvalue weighted by molar-refractivity contribution is 0.230. The number of amides is 1. The molecule has 0 saturated heterocycles. The van der Waals surface area contributed by atoms with Crippen LogP contribution in [-0.4, -0.2) is 17.3 Å². The molecule has 0 atom stereocenters. The van der Waals surface area contributed by atoms with Crippen LogP contribution in [0.1, 0.15) is 5.56 Å². The standard InChI is InChI=1S/C7H8ClNOS/c1-9(7(8)10)4-6-2-3-11-5-6/h2-3,5H,4H2,1H3. The minimum Gasteiger partial charge on any atom is -0.328 e. The molecule has 0 aromatic carbocycles. The molecule has 1 aromatic rings. The van der Waals surface area contributed by atoms with Crippen molar-refractivity contribution in [3.8, 4) is 0 Å². The molecule has 1 heterocycles. The van der Waals surface area contributed by atoms with Crippen LogP contribution >= 0.6 is 22.9 Å². The zero-order chi connectivity index (χ0) is 8.27. The maximum Gasteiger partial charge on any atom is 0.316 e. The number of hydrogen-bond acceptors (Lipinski definition) is 2. The van der Waals surface area contributed by atoms with Gasteiger partial charge in [-0.1, -0.05) is 0 Å². The Morgan fingerprint density at radius 3 is 3.00 bits per heavy atom. The van der Waals surface area contributed by atoms with E-state index in [0.717, 1.165) is 5.56 Å².